The molecule has 3 rings (SSSR count). The molecule has 0 aliphatic carbocycles. The molecular weight excluding hydrogens is 294 g/mol. The van der Waals surface area contributed by atoms with Gasteiger partial charge in [-0.05, 0) is 18.2 Å². The van der Waals surface area contributed by atoms with E-state index in [1.165, 1.54) is 11.3 Å². The van der Waals surface area contributed by atoms with Crippen LogP contribution in [0.25, 0.3) is 10.9 Å². The van der Waals surface area contributed by atoms with E-state index in [0.29, 0.717) is 9.90 Å². The Labute approximate surface area is 124 Å². The number of thiophene rings is 1. The molecule has 0 atom stereocenters. The van der Waals surface area contributed by atoms with Crippen LogP contribution >= 0.6 is 22.9 Å². The summed E-state index contributed by atoms with van der Waals surface area (Å²) in [5.41, 5.74) is 4.00. The molecule has 0 saturated carbocycles. The van der Waals surface area contributed by atoms with E-state index in [9.17, 15) is 4.79 Å². The van der Waals surface area contributed by atoms with Crippen LogP contribution in [0.3, 0.4) is 0 Å². The van der Waals surface area contributed by atoms with Gasteiger partial charge >= 0.3 is 0 Å². The van der Waals surface area contributed by atoms with E-state index in [1.54, 1.807) is 18.5 Å². The summed E-state index contributed by atoms with van der Waals surface area (Å²) >= 11 is 7.21. The minimum Gasteiger partial charge on any atom is -0.360 e. The van der Waals surface area contributed by atoms with E-state index in [2.05, 4.69) is 15.5 Å². The van der Waals surface area contributed by atoms with Crippen molar-refractivity contribution in [3.8, 4) is 0 Å². The smallest absolute Gasteiger partial charge is 0.273 e. The summed E-state index contributed by atoms with van der Waals surface area (Å²) in [6.45, 7) is 0. The van der Waals surface area contributed by atoms with Gasteiger partial charge in [-0.15, -0.1) is 11.3 Å². The number of hydrogen-bond donors (Lipinski definition) is 2. The summed E-state index contributed by atoms with van der Waals surface area (Å²) in [6.07, 6.45) is 3.25. The van der Waals surface area contributed by atoms with Crippen LogP contribution in [0.2, 0.25) is 4.34 Å². The highest BCUT2D eigenvalue weighted by Gasteiger charge is 2.10. The van der Waals surface area contributed by atoms with Crippen molar-refractivity contribution in [2.24, 2.45) is 5.10 Å². The number of para-hydroxylation sites is 1. The number of H-pyrrole nitrogens is 1. The average molecular weight is 304 g/mol. The maximum Gasteiger partial charge on any atom is 0.273 e. The Morgan fingerprint density at radius 3 is 2.95 bits per heavy atom. The highest BCUT2D eigenvalue weighted by Crippen LogP contribution is 2.20. The first-order chi connectivity index (χ1) is 9.74. The molecule has 2 N–H and O–H groups in total. The molecule has 2 aromatic heterocycles. The second kappa shape index (κ2) is 5.48. The molecule has 1 amide bonds. The number of carbonyl (C=O) groups is 1. The highest BCUT2D eigenvalue weighted by atomic mass is 35.5. The molecule has 0 fully saturated rings. The Morgan fingerprint density at radius 1 is 1.30 bits per heavy atom. The van der Waals surface area contributed by atoms with E-state index in [4.69, 9.17) is 11.6 Å². The number of hydrazone groups is 1. The van der Waals surface area contributed by atoms with Gasteiger partial charge in [0, 0.05) is 22.0 Å². The van der Waals surface area contributed by atoms with Crippen LogP contribution in [0.4, 0.5) is 0 Å². The number of nitrogens with zero attached hydrogens (tertiary/aromatic N) is 1. The summed E-state index contributed by atoms with van der Waals surface area (Å²) in [5, 5.41) is 4.81. The number of amides is 1. The second-order valence-electron chi connectivity index (χ2n) is 4.09. The van der Waals surface area contributed by atoms with Gasteiger partial charge < -0.3 is 4.98 Å². The van der Waals surface area contributed by atoms with Gasteiger partial charge in [-0.3, -0.25) is 4.79 Å². The van der Waals surface area contributed by atoms with Gasteiger partial charge in [0.15, 0.2) is 0 Å². The quantitative estimate of drug-likeness (QED) is 0.563. The molecule has 3 aromatic rings. The van der Waals surface area contributed by atoms with Gasteiger partial charge in [0.2, 0.25) is 0 Å². The first-order valence-corrected chi connectivity index (χ1v) is 7.08. The number of nitrogens with one attached hydrogen (secondary N) is 2. The van der Waals surface area contributed by atoms with Crippen LogP contribution in [-0.4, -0.2) is 17.1 Å². The average Bonchev–Trinajstić information content (AvgIpc) is 3.05. The number of fused-ring (bicyclic) bond motifs is 1. The topological polar surface area (TPSA) is 57.2 Å². The second-order valence-corrected chi connectivity index (χ2v) is 5.84. The maximum absolute atomic E-state index is 12.0. The van der Waals surface area contributed by atoms with Crippen LogP contribution in [0.5, 0.6) is 0 Å². The minimum absolute atomic E-state index is 0.249. The summed E-state index contributed by atoms with van der Waals surface area (Å²) in [5.74, 6) is -0.249. The summed E-state index contributed by atoms with van der Waals surface area (Å²) in [7, 11) is 0. The van der Waals surface area contributed by atoms with Crippen LogP contribution < -0.4 is 5.43 Å². The largest absolute Gasteiger partial charge is 0.360 e. The van der Waals surface area contributed by atoms with Crippen molar-refractivity contribution in [1.82, 2.24) is 10.4 Å². The number of aromatic amines is 1. The highest BCUT2D eigenvalue weighted by molar-refractivity contribution is 7.17. The first kappa shape index (κ1) is 12.9. The first-order valence-electron chi connectivity index (χ1n) is 5.89. The fourth-order valence-corrected chi connectivity index (χ4v) is 2.80. The molecule has 1 aromatic carbocycles. The SMILES string of the molecule is O=C(NN=Cc1ccc(Cl)s1)c1c[nH]c2ccccc12. The number of rotatable bonds is 3. The van der Waals surface area contributed by atoms with Gasteiger partial charge in [0.25, 0.3) is 5.91 Å². The van der Waals surface area contributed by atoms with E-state index >= 15 is 0 Å². The van der Waals surface area contributed by atoms with Crippen LogP contribution in [0.15, 0.2) is 47.7 Å². The summed E-state index contributed by atoms with van der Waals surface area (Å²) < 4.78 is 0.689. The lowest BCUT2D eigenvalue weighted by Gasteiger charge is -1.97. The maximum atomic E-state index is 12.0. The summed E-state index contributed by atoms with van der Waals surface area (Å²) in [4.78, 5) is 16.0. The Bertz CT molecular complexity index is 790. The van der Waals surface area contributed by atoms with Gasteiger partial charge in [0.1, 0.15) is 0 Å². The molecule has 0 radical (unpaired) electrons. The number of halogens is 1. The van der Waals surface area contributed by atoms with Gasteiger partial charge in [-0.1, -0.05) is 29.8 Å². The molecular formula is C14H10ClN3OS. The van der Waals surface area contributed by atoms with Crippen molar-refractivity contribution in [3.05, 3.63) is 57.4 Å². The van der Waals surface area contributed by atoms with Crippen molar-refractivity contribution in [2.45, 2.75) is 0 Å². The summed E-state index contributed by atoms with van der Waals surface area (Å²) in [6, 6.07) is 11.2. The number of hydrogen-bond acceptors (Lipinski definition) is 3. The van der Waals surface area contributed by atoms with Crippen molar-refractivity contribution in [2.75, 3.05) is 0 Å². The number of aromatic nitrogens is 1. The van der Waals surface area contributed by atoms with Gasteiger partial charge in [-0.25, -0.2) is 5.43 Å². The van der Waals surface area contributed by atoms with Crippen LogP contribution in [0, 0.1) is 0 Å². The van der Waals surface area contributed by atoms with Crippen molar-refractivity contribution in [3.63, 3.8) is 0 Å². The predicted octanol–water partition coefficient (Wildman–Crippen LogP) is 3.65. The molecule has 2 heterocycles. The zero-order valence-electron chi connectivity index (χ0n) is 10.3. The molecule has 20 heavy (non-hydrogen) atoms. The van der Waals surface area contributed by atoms with Crippen LogP contribution in [-0.2, 0) is 0 Å². The molecule has 0 spiro atoms. The molecule has 6 heteroatoms. The minimum atomic E-state index is -0.249. The monoisotopic (exact) mass is 303 g/mol. The van der Waals surface area contributed by atoms with E-state index in [1.807, 2.05) is 30.3 Å². The van der Waals surface area contributed by atoms with Gasteiger partial charge in [-0.2, -0.15) is 5.10 Å². The third-order valence-electron chi connectivity index (χ3n) is 2.79. The molecule has 100 valence electrons. The molecule has 0 aliphatic rings. The third kappa shape index (κ3) is 2.59. The molecule has 0 aliphatic heterocycles. The molecule has 4 nitrogen and oxygen atoms in total. The zero-order valence-corrected chi connectivity index (χ0v) is 11.8. The standard InChI is InChI=1S/C14H10ClN3OS/c15-13-6-5-9(20-13)7-17-18-14(19)11-8-16-12-4-2-1-3-10(11)12/h1-8,16H,(H,18,19). The molecule has 0 unspecified atom stereocenters. The van der Waals surface area contributed by atoms with Crippen molar-refractivity contribution < 1.29 is 4.79 Å². The molecule has 0 bridgehead atoms. The number of carbonyl (C=O) groups excluding carboxylic acids is 1. The van der Waals surface area contributed by atoms with Crippen LogP contribution in [0.1, 0.15) is 15.2 Å². The zero-order chi connectivity index (χ0) is 13.9. The van der Waals surface area contributed by atoms with Crippen molar-refractivity contribution >= 4 is 46.0 Å². The van der Waals surface area contributed by atoms with Gasteiger partial charge in [0.05, 0.1) is 16.1 Å². The predicted molar refractivity (Wildman–Crippen MR) is 82.7 cm³/mol. The number of benzene rings is 1. The Hall–Kier alpha value is -2.11. The van der Waals surface area contributed by atoms with E-state index < -0.39 is 0 Å². The molecule has 0 saturated heterocycles. The lowest BCUT2D eigenvalue weighted by atomic mass is 10.2. The Kier molecular flexibility index (Phi) is 3.54. The Balaban J connectivity index is 1.75. The lowest BCUT2D eigenvalue weighted by molar-refractivity contribution is 0.0957. The fraction of sp³-hybridized carbons (Fsp3) is 0. The van der Waals surface area contributed by atoms with E-state index in [-0.39, 0.29) is 5.91 Å². The van der Waals surface area contributed by atoms with E-state index in [0.717, 1.165) is 15.8 Å². The normalized spacial score (nSPS) is 11.2. The fourth-order valence-electron chi connectivity index (χ4n) is 1.87. The van der Waals surface area contributed by atoms with Crippen molar-refractivity contribution in [1.29, 1.82) is 0 Å². The third-order valence-corrected chi connectivity index (χ3v) is 3.95. The lowest BCUT2D eigenvalue weighted by Crippen LogP contribution is -2.17. The Morgan fingerprint density at radius 2 is 2.15 bits per heavy atom.